The topological polar surface area (TPSA) is 113 Å². The van der Waals surface area contributed by atoms with Gasteiger partial charge in [0.2, 0.25) is 11.8 Å². The number of aromatic nitrogens is 2. The van der Waals surface area contributed by atoms with Crippen molar-refractivity contribution >= 4 is 17.5 Å². The van der Waals surface area contributed by atoms with Gasteiger partial charge in [-0.3, -0.25) is 15.5 Å². The second-order valence-electron chi connectivity index (χ2n) is 5.18. The molecule has 1 fully saturated rings. The summed E-state index contributed by atoms with van der Waals surface area (Å²) in [6.07, 6.45) is 2.44. The van der Waals surface area contributed by atoms with Crippen molar-refractivity contribution in [3.63, 3.8) is 0 Å². The number of hydrogen-bond acceptors (Lipinski definition) is 8. The van der Waals surface area contributed by atoms with Crippen molar-refractivity contribution in [2.75, 3.05) is 43.6 Å². The number of hydrogen-bond donors (Lipinski definition) is 2. The molecule has 1 aliphatic heterocycles. The SMILES string of the molecule is Cc1nc(NN)nc(N(C)CCN2CCCC2)c1[N+](=O)[O-]. The van der Waals surface area contributed by atoms with Gasteiger partial charge < -0.3 is 9.80 Å². The van der Waals surface area contributed by atoms with Crippen molar-refractivity contribution in [3.05, 3.63) is 15.8 Å². The molecule has 9 nitrogen and oxygen atoms in total. The number of likely N-dealkylation sites (tertiary alicyclic amines) is 1. The second kappa shape index (κ2) is 6.64. The van der Waals surface area contributed by atoms with Crippen LogP contribution in [-0.4, -0.2) is 53.0 Å². The Kier molecular flexibility index (Phi) is 4.86. The Labute approximate surface area is 123 Å². The number of likely N-dealkylation sites (N-methyl/N-ethyl adjacent to an activating group) is 1. The molecular weight excluding hydrogens is 274 g/mol. The minimum Gasteiger partial charge on any atom is -0.353 e. The van der Waals surface area contributed by atoms with Gasteiger partial charge in [0.15, 0.2) is 0 Å². The van der Waals surface area contributed by atoms with E-state index in [0.717, 1.165) is 19.6 Å². The van der Waals surface area contributed by atoms with E-state index in [2.05, 4.69) is 20.3 Å². The van der Waals surface area contributed by atoms with Crippen LogP contribution in [0.2, 0.25) is 0 Å². The van der Waals surface area contributed by atoms with Gasteiger partial charge in [-0.1, -0.05) is 0 Å². The lowest BCUT2D eigenvalue weighted by molar-refractivity contribution is -0.385. The molecule has 0 aliphatic carbocycles. The maximum atomic E-state index is 11.2. The zero-order chi connectivity index (χ0) is 15.4. The standard InChI is InChI=1S/C12H21N7O2/c1-9-10(19(20)21)11(15-12(14-9)16-13)17(2)7-8-18-5-3-4-6-18/h3-8,13H2,1-2H3,(H,14,15,16). The average molecular weight is 295 g/mol. The largest absolute Gasteiger partial charge is 0.353 e. The van der Waals surface area contributed by atoms with Gasteiger partial charge in [-0.2, -0.15) is 4.98 Å². The summed E-state index contributed by atoms with van der Waals surface area (Å²) in [5, 5.41) is 11.2. The molecular formula is C12H21N7O2. The maximum Gasteiger partial charge on any atom is 0.332 e. The Bertz CT molecular complexity index is 517. The number of nitrogens with zero attached hydrogens (tertiary/aromatic N) is 5. The molecule has 21 heavy (non-hydrogen) atoms. The average Bonchev–Trinajstić information content (AvgIpc) is 2.96. The van der Waals surface area contributed by atoms with Gasteiger partial charge in [0.05, 0.1) is 4.92 Å². The van der Waals surface area contributed by atoms with E-state index in [-0.39, 0.29) is 11.6 Å². The van der Waals surface area contributed by atoms with Crippen molar-refractivity contribution in [2.45, 2.75) is 19.8 Å². The minimum atomic E-state index is -0.447. The first kappa shape index (κ1) is 15.4. The van der Waals surface area contributed by atoms with Crippen molar-refractivity contribution < 1.29 is 4.92 Å². The number of hydrazine groups is 1. The van der Waals surface area contributed by atoms with Crippen LogP contribution in [0.1, 0.15) is 18.5 Å². The van der Waals surface area contributed by atoms with Gasteiger partial charge in [0, 0.05) is 20.1 Å². The Morgan fingerprint density at radius 3 is 2.67 bits per heavy atom. The molecule has 0 saturated carbocycles. The molecule has 1 aromatic heterocycles. The summed E-state index contributed by atoms with van der Waals surface area (Å²) in [7, 11) is 1.80. The van der Waals surface area contributed by atoms with Gasteiger partial charge in [0.25, 0.3) is 0 Å². The van der Waals surface area contributed by atoms with E-state index in [1.54, 1.807) is 18.9 Å². The van der Waals surface area contributed by atoms with Crippen LogP contribution in [-0.2, 0) is 0 Å². The number of aryl methyl sites for hydroxylation is 1. The fraction of sp³-hybridized carbons (Fsp3) is 0.667. The van der Waals surface area contributed by atoms with Crippen LogP contribution in [0.4, 0.5) is 17.5 Å². The minimum absolute atomic E-state index is 0.0714. The van der Waals surface area contributed by atoms with Crippen LogP contribution in [0.3, 0.4) is 0 Å². The highest BCUT2D eigenvalue weighted by Gasteiger charge is 2.25. The zero-order valence-corrected chi connectivity index (χ0v) is 12.4. The lowest BCUT2D eigenvalue weighted by atomic mass is 10.3. The number of nitro groups is 1. The van der Waals surface area contributed by atoms with Gasteiger partial charge in [-0.05, 0) is 32.9 Å². The molecule has 0 atom stereocenters. The van der Waals surface area contributed by atoms with E-state index in [0.29, 0.717) is 18.1 Å². The lowest BCUT2D eigenvalue weighted by Gasteiger charge is -2.22. The monoisotopic (exact) mass is 295 g/mol. The number of nitrogen functional groups attached to an aromatic ring is 1. The predicted octanol–water partition coefficient (Wildman–Crippen LogP) is 0.511. The molecule has 0 aromatic carbocycles. The Morgan fingerprint density at radius 2 is 2.10 bits per heavy atom. The Hall–Kier alpha value is -2.00. The third-order valence-corrected chi connectivity index (χ3v) is 3.66. The molecule has 3 N–H and O–H groups in total. The van der Waals surface area contributed by atoms with Gasteiger partial charge >= 0.3 is 5.69 Å². The molecule has 1 saturated heterocycles. The smallest absolute Gasteiger partial charge is 0.332 e. The second-order valence-corrected chi connectivity index (χ2v) is 5.18. The molecule has 1 aliphatic rings. The summed E-state index contributed by atoms with van der Waals surface area (Å²) in [6, 6.07) is 0. The number of nitrogens with two attached hydrogens (primary N) is 1. The lowest BCUT2D eigenvalue weighted by Crippen LogP contribution is -2.32. The first-order chi connectivity index (χ1) is 10.0. The molecule has 2 heterocycles. The Balaban J connectivity index is 2.18. The fourth-order valence-corrected chi connectivity index (χ4v) is 2.50. The van der Waals surface area contributed by atoms with Gasteiger partial charge in [-0.15, -0.1) is 0 Å². The van der Waals surface area contributed by atoms with Crippen molar-refractivity contribution in [1.82, 2.24) is 14.9 Å². The number of rotatable bonds is 6. The predicted molar refractivity (Wildman–Crippen MR) is 80.2 cm³/mol. The summed E-state index contributed by atoms with van der Waals surface area (Å²) < 4.78 is 0. The molecule has 116 valence electrons. The fourth-order valence-electron chi connectivity index (χ4n) is 2.50. The molecule has 0 bridgehead atoms. The normalized spacial score (nSPS) is 15.2. The van der Waals surface area contributed by atoms with Crippen LogP contribution in [0.5, 0.6) is 0 Å². The van der Waals surface area contributed by atoms with E-state index < -0.39 is 4.92 Å². The summed E-state index contributed by atoms with van der Waals surface area (Å²) in [6.45, 7) is 5.30. The highest BCUT2D eigenvalue weighted by atomic mass is 16.6. The van der Waals surface area contributed by atoms with Crippen LogP contribution in [0.25, 0.3) is 0 Å². The zero-order valence-electron chi connectivity index (χ0n) is 12.4. The quantitative estimate of drug-likeness (QED) is 0.443. The van der Waals surface area contributed by atoms with E-state index in [1.165, 1.54) is 12.8 Å². The third-order valence-electron chi connectivity index (χ3n) is 3.66. The summed E-state index contributed by atoms with van der Waals surface area (Å²) >= 11 is 0. The van der Waals surface area contributed by atoms with E-state index >= 15 is 0 Å². The first-order valence-corrected chi connectivity index (χ1v) is 6.96. The highest BCUT2D eigenvalue weighted by molar-refractivity contribution is 5.62. The molecule has 0 spiro atoms. The third kappa shape index (κ3) is 3.56. The molecule has 0 amide bonds. The summed E-state index contributed by atoms with van der Waals surface area (Å²) in [5.41, 5.74) is 2.57. The molecule has 0 radical (unpaired) electrons. The molecule has 9 heteroatoms. The highest BCUT2D eigenvalue weighted by Crippen LogP contribution is 2.28. The van der Waals surface area contributed by atoms with Crippen molar-refractivity contribution in [3.8, 4) is 0 Å². The number of anilines is 2. The molecule has 2 rings (SSSR count). The number of nitrogens with one attached hydrogen (secondary N) is 1. The van der Waals surface area contributed by atoms with Crippen LogP contribution >= 0.6 is 0 Å². The Morgan fingerprint density at radius 1 is 1.43 bits per heavy atom. The van der Waals surface area contributed by atoms with E-state index in [1.807, 2.05) is 0 Å². The van der Waals surface area contributed by atoms with Crippen LogP contribution < -0.4 is 16.2 Å². The molecule has 1 aromatic rings. The first-order valence-electron chi connectivity index (χ1n) is 6.96. The van der Waals surface area contributed by atoms with Crippen molar-refractivity contribution in [2.24, 2.45) is 5.84 Å². The van der Waals surface area contributed by atoms with Crippen molar-refractivity contribution in [1.29, 1.82) is 0 Å². The van der Waals surface area contributed by atoms with Crippen LogP contribution in [0, 0.1) is 17.0 Å². The maximum absolute atomic E-state index is 11.2. The van der Waals surface area contributed by atoms with Crippen LogP contribution in [0.15, 0.2) is 0 Å². The molecule has 0 unspecified atom stereocenters. The summed E-state index contributed by atoms with van der Waals surface area (Å²) in [5.74, 6) is 5.79. The van der Waals surface area contributed by atoms with E-state index in [9.17, 15) is 10.1 Å². The van der Waals surface area contributed by atoms with Gasteiger partial charge in [0.1, 0.15) is 5.69 Å². The summed E-state index contributed by atoms with van der Waals surface area (Å²) in [4.78, 5) is 23.0. The van der Waals surface area contributed by atoms with E-state index in [4.69, 9.17) is 5.84 Å². The van der Waals surface area contributed by atoms with Gasteiger partial charge in [-0.25, -0.2) is 10.8 Å².